The molecule has 1 fully saturated rings. The van der Waals surface area contributed by atoms with Crippen LogP contribution in [-0.4, -0.2) is 41.5 Å². The summed E-state index contributed by atoms with van der Waals surface area (Å²) in [6.07, 6.45) is 2.59. The van der Waals surface area contributed by atoms with Gasteiger partial charge in [0.2, 0.25) is 5.91 Å². The highest BCUT2D eigenvalue weighted by atomic mass is 19.1. The number of anilines is 3. The third-order valence-corrected chi connectivity index (χ3v) is 6.22. The van der Waals surface area contributed by atoms with Crippen LogP contribution >= 0.6 is 0 Å². The summed E-state index contributed by atoms with van der Waals surface area (Å²) < 4.78 is 14.4. The van der Waals surface area contributed by atoms with E-state index in [0.717, 1.165) is 18.7 Å². The molecule has 31 heavy (non-hydrogen) atoms. The first kappa shape index (κ1) is 21.1. The van der Waals surface area contributed by atoms with Crippen LogP contribution in [0.2, 0.25) is 0 Å². The van der Waals surface area contributed by atoms with Gasteiger partial charge in [-0.1, -0.05) is 6.92 Å². The molecule has 0 aliphatic carbocycles. The molecule has 1 aromatic heterocycles. The van der Waals surface area contributed by atoms with E-state index in [0.29, 0.717) is 41.6 Å². The SMILES string of the molecule is CCNc1cc(F)cc2c1NC(=O)[C@]2(C)N1CC(C)CC(Nc2ccc(C#N)nc2)C1. The van der Waals surface area contributed by atoms with Crippen molar-refractivity contribution >= 4 is 23.0 Å². The number of carbonyl (C=O) groups is 1. The van der Waals surface area contributed by atoms with E-state index in [1.54, 1.807) is 12.3 Å². The van der Waals surface area contributed by atoms with Gasteiger partial charge in [0, 0.05) is 31.2 Å². The number of piperidine rings is 1. The minimum atomic E-state index is -0.959. The molecule has 1 amide bonds. The predicted molar refractivity (Wildman–Crippen MR) is 118 cm³/mol. The van der Waals surface area contributed by atoms with E-state index >= 15 is 0 Å². The number of fused-ring (bicyclic) bond motifs is 1. The van der Waals surface area contributed by atoms with E-state index in [1.165, 1.54) is 12.1 Å². The fourth-order valence-corrected chi connectivity index (χ4v) is 4.73. The Balaban J connectivity index is 1.62. The Morgan fingerprint density at radius 2 is 2.19 bits per heavy atom. The average Bonchev–Trinajstić information content (AvgIpc) is 3.00. The monoisotopic (exact) mass is 422 g/mol. The molecule has 0 spiro atoms. The van der Waals surface area contributed by atoms with Gasteiger partial charge in [-0.3, -0.25) is 9.69 Å². The van der Waals surface area contributed by atoms with Crippen molar-refractivity contribution < 1.29 is 9.18 Å². The largest absolute Gasteiger partial charge is 0.384 e. The Kier molecular flexibility index (Phi) is 5.54. The van der Waals surface area contributed by atoms with Crippen molar-refractivity contribution in [3.8, 4) is 6.07 Å². The second-order valence-corrected chi connectivity index (χ2v) is 8.56. The summed E-state index contributed by atoms with van der Waals surface area (Å²) in [5.41, 5.74) is 2.18. The third kappa shape index (κ3) is 3.81. The van der Waals surface area contributed by atoms with Gasteiger partial charge in [-0.15, -0.1) is 0 Å². The van der Waals surface area contributed by atoms with Crippen LogP contribution in [0, 0.1) is 23.1 Å². The fraction of sp³-hybridized carbons (Fsp3) is 0.435. The molecule has 0 bridgehead atoms. The van der Waals surface area contributed by atoms with Gasteiger partial charge in [-0.25, -0.2) is 9.37 Å². The number of hydrogen-bond acceptors (Lipinski definition) is 6. The number of pyridine rings is 1. The van der Waals surface area contributed by atoms with Gasteiger partial charge in [0.15, 0.2) is 0 Å². The molecule has 0 radical (unpaired) electrons. The Labute approximate surface area is 181 Å². The number of nitrogens with zero attached hydrogens (tertiary/aromatic N) is 3. The molecule has 0 saturated carbocycles. The van der Waals surface area contributed by atoms with Gasteiger partial charge in [-0.05, 0) is 50.5 Å². The molecule has 1 saturated heterocycles. The lowest BCUT2D eigenvalue weighted by Gasteiger charge is -2.44. The maximum atomic E-state index is 14.4. The standard InChI is InChI=1S/C23H27FN6O/c1-4-26-20-9-15(24)8-19-21(20)29-22(31)23(19,3)30-12-14(2)7-18(13-30)28-17-6-5-16(10-25)27-11-17/h5-6,8-9,11,14,18,26,28H,4,7,12-13H2,1-3H3,(H,29,31)/t14?,18?,23-/m1/s1. The summed E-state index contributed by atoms with van der Waals surface area (Å²) in [6.45, 7) is 7.97. The van der Waals surface area contributed by atoms with E-state index in [-0.39, 0.29) is 17.8 Å². The molecular formula is C23H27FN6O. The van der Waals surface area contributed by atoms with E-state index in [1.807, 2.05) is 26.0 Å². The first-order chi connectivity index (χ1) is 14.8. The molecule has 8 heteroatoms. The number of benzene rings is 1. The van der Waals surface area contributed by atoms with E-state index in [9.17, 15) is 9.18 Å². The molecule has 3 N–H and O–H groups in total. The maximum absolute atomic E-state index is 14.4. The number of nitrogens with one attached hydrogen (secondary N) is 3. The van der Waals surface area contributed by atoms with Gasteiger partial charge in [0.25, 0.3) is 0 Å². The zero-order valence-corrected chi connectivity index (χ0v) is 18.0. The van der Waals surface area contributed by atoms with Gasteiger partial charge < -0.3 is 16.0 Å². The lowest BCUT2D eigenvalue weighted by atomic mass is 9.85. The summed E-state index contributed by atoms with van der Waals surface area (Å²) in [5.74, 6) is -0.158. The zero-order valence-electron chi connectivity index (χ0n) is 18.0. The highest BCUT2D eigenvalue weighted by Gasteiger charge is 2.50. The summed E-state index contributed by atoms with van der Waals surface area (Å²) in [7, 11) is 0. The maximum Gasteiger partial charge on any atom is 0.249 e. The number of halogens is 1. The summed E-state index contributed by atoms with van der Waals surface area (Å²) in [5, 5.41) is 18.6. The minimum absolute atomic E-state index is 0.0916. The molecule has 1 aromatic carbocycles. The molecule has 4 rings (SSSR count). The van der Waals surface area contributed by atoms with Gasteiger partial charge in [0.1, 0.15) is 23.1 Å². The van der Waals surface area contributed by atoms with E-state index in [2.05, 4.69) is 32.8 Å². The molecule has 2 aromatic rings. The average molecular weight is 423 g/mol. The normalized spacial score (nSPS) is 25.5. The van der Waals surface area contributed by atoms with E-state index < -0.39 is 5.54 Å². The molecule has 162 valence electrons. The summed E-state index contributed by atoms with van der Waals surface area (Å²) >= 11 is 0. The Hall–Kier alpha value is -3.18. The van der Waals surface area contributed by atoms with Crippen molar-refractivity contribution in [3.63, 3.8) is 0 Å². The Bertz CT molecular complexity index is 1030. The third-order valence-electron chi connectivity index (χ3n) is 6.22. The van der Waals surface area contributed by atoms with E-state index in [4.69, 9.17) is 5.26 Å². The van der Waals surface area contributed by atoms with Crippen LogP contribution in [0.5, 0.6) is 0 Å². The summed E-state index contributed by atoms with van der Waals surface area (Å²) in [6, 6.07) is 8.53. The molecule has 3 atom stereocenters. The number of hydrogen-bond donors (Lipinski definition) is 3. The Morgan fingerprint density at radius 3 is 2.87 bits per heavy atom. The van der Waals surface area contributed by atoms with Crippen LogP contribution < -0.4 is 16.0 Å². The molecule has 2 unspecified atom stereocenters. The highest BCUT2D eigenvalue weighted by Crippen LogP contribution is 2.45. The number of rotatable bonds is 5. The first-order valence-corrected chi connectivity index (χ1v) is 10.6. The smallest absolute Gasteiger partial charge is 0.249 e. The van der Waals surface area contributed by atoms with Crippen LogP contribution in [0.25, 0.3) is 0 Å². The fourth-order valence-electron chi connectivity index (χ4n) is 4.73. The van der Waals surface area contributed by atoms with Crippen molar-refractivity contribution in [1.82, 2.24) is 9.88 Å². The number of aromatic nitrogens is 1. The van der Waals surface area contributed by atoms with Crippen molar-refractivity contribution in [3.05, 3.63) is 47.5 Å². The van der Waals surface area contributed by atoms with Crippen LogP contribution in [-0.2, 0) is 10.3 Å². The van der Waals surface area contributed by atoms with Crippen molar-refractivity contribution in [2.24, 2.45) is 5.92 Å². The van der Waals surface area contributed by atoms with Crippen molar-refractivity contribution in [2.75, 3.05) is 35.6 Å². The topological polar surface area (TPSA) is 93.1 Å². The van der Waals surface area contributed by atoms with Crippen LogP contribution in [0.3, 0.4) is 0 Å². The lowest BCUT2D eigenvalue weighted by Crippen LogP contribution is -2.57. The number of likely N-dealkylation sites (tertiary alicyclic amines) is 1. The van der Waals surface area contributed by atoms with Crippen molar-refractivity contribution in [2.45, 2.75) is 38.8 Å². The van der Waals surface area contributed by atoms with Crippen LogP contribution in [0.1, 0.15) is 38.4 Å². The number of amides is 1. The highest BCUT2D eigenvalue weighted by molar-refractivity contribution is 6.08. The quantitative estimate of drug-likeness (QED) is 0.683. The summed E-state index contributed by atoms with van der Waals surface area (Å²) in [4.78, 5) is 19.5. The molecule has 2 aliphatic rings. The molecule has 2 aliphatic heterocycles. The second kappa shape index (κ2) is 8.16. The van der Waals surface area contributed by atoms with Gasteiger partial charge >= 0.3 is 0 Å². The molecular weight excluding hydrogens is 395 g/mol. The molecule has 7 nitrogen and oxygen atoms in total. The Morgan fingerprint density at radius 1 is 1.39 bits per heavy atom. The van der Waals surface area contributed by atoms with Crippen LogP contribution in [0.4, 0.5) is 21.5 Å². The second-order valence-electron chi connectivity index (χ2n) is 8.56. The van der Waals surface area contributed by atoms with Crippen LogP contribution in [0.15, 0.2) is 30.5 Å². The minimum Gasteiger partial charge on any atom is -0.384 e. The lowest BCUT2D eigenvalue weighted by molar-refractivity contribution is -0.128. The van der Waals surface area contributed by atoms with Gasteiger partial charge in [0.05, 0.1) is 23.3 Å². The van der Waals surface area contributed by atoms with Crippen molar-refractivity contribution in [1.29, 1.82) is 5.26 Å². The number of carbonyl (C=O) groups excluding carboxylic acids is 1. The predicted octanol–water partition coefficient (Wildman–Crippen LogP) is 3.51. The van der Waals surface area contributed by atoms with Gasteiger partial charge in [-0.2, -0.15) is 5.26 Å². The number of nitriles is 1. The first-order valence-electron chi connectivity index (χ1n) is 10.6. The molecule has 3 heterocycles. The zero-order chi connectivity index (χ0) is 22.2.